The molecular formula is C17H24N2O2. The Kier molecular flexibility index (Phi) is 4.08. The second-order valence-electron chi connectivity index (χ2n) is 7.05. The number of hydrogen-bond donors (Lipinski definition) is 1. The lowest BCUT2D eigenvalue weighted by Crippen LogP contribution is -2.35. The Balaban J connectivity index is 2.17. The first-order chi connectivity index (χ1) is 9.68. The Morgan fingerprint density at radius 3 is 2.67 bits per heavy atom. The average molecular weight is 288 g/mol. The molecule has 0 fully saturated rings. The van der Waals surface area contributed by atoms with Crippen LogP contribution in [0.4, 0.5) is 10.5 Å². The van der Waals surface area contributed by atoms with Gasteiger partial charge in [-0.25, -0.2) is 4.79 Å². The van der Waals surface area contributed by atoms with Crippen LogP contribution < -0.4 is 5.32 Å². The molecule has 4 nitrogen and oxygen atoms in total. The van der Waals surface area contributed by atoms with Gasteiger partial charge in [-0.1, -0.05) is 27.7 Å². The number of ketones is 1. The minimum absolute atomic E-state index is 0.108. The molecular weight excluding hydrogens is 264 g/mol. The number of rotatable bonds is 3. The Hall–Kier alpha value is -1.84. The lowest BCUT2D eigenvalue weighted by molar-refractivity contribution is 0.0927. The highest BCUT2D eigenvalue weighted by molar-refractivity contribution is 5.98. The van der Waals surface area contributed by atoms with E-state index in [1.165, 1.54) is 0 Å². The first kappa shape index (κ1) is 15.5. The third-order valence-electron chi connectivity index (χ3n) is 4.39. The quantitative estimate of drug-likeness (QED) is 0.857. The third kappa shape index (κ3) is 3.43. The van der Waals surface area contributed by atoms with Gasteiger partial charge in [0, 0.05) is 31.3 Å². The number of urea groups is 1. The van der Waals surface area contributed by atoms with Crippen molar-refractivity contribution < 1.29 is 9.59 Å². The number of hydrogen-bond acceptors (Lipinski definition) is 2. The maximum atomic E-state index is 12.4. The summed E-state index contributed by atoms with van der Waals surface area (Å²) in [4.78, 5) is 25.6. The van der Waals surface area contributed by atoms with Crippen molar-refractivity contribution in [3.05, 3.63) is 29.3 Å². The molecule has 0 spiro atoms. The minimum Gasteiger partial charge on any atom is -0.323 e. The van der Waals surface area contributed by atoms with Crippen LogP contribution in [0.2, 0.25) is 0 Å². The average Bonchev–Trinajstić information content (AvgIpc) is 2.38. The van der Waals surface area contributed by atoms with E-state index < -0.39 is 0 Å². The first-order valence-corrected chi connectivity index (χ1v) is 7.36. The van der Waals surface area contributed by atoms with E-state index in [1.54, 1.807) is 11.9 Å². The number of fused-ring (bicyclic) bond motifs is 1. The van der Waals surface area contributed by atoms with Gasteiger partial charge in [0.2, 0.25) is 0 Å². The van der Waals surface area contributed by atoms with Crippen molar-refractivity contribution in [3.8, 4) is 0 Å². The Morgan fingerprint density at radius 2 is 2.05 bits per heavy atom. The van der Waals surface area contributed by atoms with E-state index in [9.17, 15) is 9.59 Å². The van der Waals surface area contributed by atoms with Crippen LogP contribution in [0, 0.1) is 11.3 Å². The molecule has 1 atom stereocenters. The zero-order chi connectivity index (χ0) is 15.8. The fraction of sp³-hybridized carbons (Fsp3) is 0.529. The van der Waals surface area contributed by atoms with Gasteiger partial charge in [-0.3, -0.25) is 4.79 Å². The monoisotopic (exact) mass is 288 g/mol. The summed E-state index contributed by atoms with van der Waals surface area (Å²) in [6, 6.07) is 5.43. The fourth-order valence-corrected chi connectivity index (χ4v) is 2.26. The van der Waals surface area contributed by atoms with Crippen molar-refractivity contribution in [1.82, 2.24) is 4.90 Å². The maximum Gasteiger partial charge on any atom is 0.321 e. The zero-order valence-corrected chi connectivity index (χ0v) is 13.5. The number of carbonyl (C=O) groups is 2. The van der Waals surface area contributed by atoms with Crippen LogP contribution in [0.5, 0.6) is 0 Å². The summed E-state index contributed by atoms with van der Waals surface area (Å²) in [5.41, 5.74) is 2.65. The smallest absolute Gasteiger partial charge is 0.321 e. The molecule has 0 aliphatic carbocycles. The van der Waals surface area contributed by atoms with E-state index in [1.807, 2.05) is 18.2 Å². The molecule has 0 bridgehead atoms. The fourth-order valence-electron chi connectivity index (χ4n) is 2.26. The van der Waals surface area contributed by atoms with E-state index in [0.29, 0.717) is 18.9 Å². The van der Waals surface area contributed by atoms with Gasteiger partial charge in [-0.2, -0.15) is 0 Å². The standard InChI is InChI=1S/C17H24N2O2/c1-11(17(2,3)4)8-15(20)12-6-7-14-13(9-12)10-19(5)16(21)18-14/h6-7,9,11H,8,10H2,1-5H3,(H,18,21). The van der Waals surface area contributed by atoms with Gasteiger partial charge >= 0.3 is 6.03 Å². The van der Waals surface area contributed by atoms with Crippen LogP contribution in [-0.2, 0) is 6.54 Å². The molecule has 1 unspecified atom stereocenters. The van der Waals surface area contributed by atoms with Crippen molar-refractivity contribution in [2.45, 2.75) is 40.7 Å². The van der Waals surface area contributed by atoms with Gasteiger partial charge in [-0.05, 0) is 35.1 Å². The second-order valence-corrected chi connectivity index (χ2v) is 7.05. The molecule has 1 aromatic carbocycles. The molecule has 1 heterocycles. The van der Waals surface area contributed by atoms with Crippen LogP contribution in [0.3, 0.4) is 0 Å². The predicted molar refractivity (Wildman–Crippen MR) is 84.5 cm³/mol. The highest BCUT2D eigenvalue weighted by Gasteiger charge is 2.24. The van der Waals surface area contributed by atoms with Crippen molar-refractivity contribution in [2.24, 2.45) is 11.3 Å². The number of Topliss-reactive ketones (excluding diaryl/α,β-unsaturated/α-hetero) is 1. The van der Waals surface area contributed by atoms with E-state index >= 15 is 0 Å². The zero-order valence-electron chi connectivity index (χ0n) is 13.5. The summed E-state index contributed by atoms with van der Waals surface area (Å²) in [5.74, 6) is 0.489. The van der Waals surface area contributed by atoms with Crippen LogP contribution in [0.15, 0.2) is 18.2 Å². The maximum absolute atomic E-state index is 12.4. The molecule has 1 aliphatic rings. The predicted octanol–water partition coefficient (Wildman–Crippen LogP) is 3.92. The van der Waals surface area contributed by atoms with E-state index in [-0.39, 0.29) is 17.2 Å². The van der Waals surface area contributed by atoms with Crippen LogP contribution in [-0.4, -0.2) is 23.8 Å². The van der Waals surface area contributed by atoms with Crippen molar-refractivity contribution >= 4 is 17.5 Å². The van der Waals surface area contributed by atoms with Gasteiger partial charge in [0.25, 0.3) is 0 Å². The van der Waals surface area contributed by atoms with Gasteiger partial charge in [0.15, 0.2) is 5.78 Å². The Morgan fingerprint density at radius 1 is 1.38 bits per heavy atom. The largest absolute Gasteiger partial charge is 0.323 e. The number of nitrogens with zero attached hydrogens (tertiary/aromatic N) is 1. The van der Waals surface area contributed by atoms with Gasteiger partial charge in [0.05, 0.1) is 0 Å². The van der Waals surface area contributed by atoms with Gasteiger partial charge < -0.3 is 10.2 Å². The lowest BCUT2D eigenvalue weighted by Gasteiger charge is -2.27. The molecule has 4 heteroatoms. The molecule has 0 radical (unpaired) electrons. The molecule has 2 amide bonds. The molecule has 1 aliphatic heterocycles. The van der Waals surface area contributed by atoms with Crippen LogP contribution in [0.1, 0.15) is 50.0 Å². The first-order valence-electron chi connectivity index (χ1n) is 7.36. The number of nitrogens with one attached hydrogen (secondary N) is 1. The molecule has 114 valence electrons. The second kappa shape index (κ2) is 5.51. The van der Waals surface area contributed by atoms with Crippen molar-refractivity contribution in [3.63, 3.8) is 0 Å². The molecule has 0 aromatic heterocycles. The molecule has 2 rings (SSSR count). The number of benzene rings is 1. The van der Waals surface area contributed by atoms with Crippen molar-refractivity contribution in [1.29, 1.82) is 0 Å². The van der Waals surface area contributed by atoms with Gasteiger partial charge in [0.1, 0.15) is 0 Å². The summed E-state index contributed by atoms with van der Waals surface area (Å²) < 4.78 is 0. The third-order valence-corrected chi connectivity index (χ3v) is 4.39. The summed E-state index contributed by atoms with van der Waals surface area (Å²) in [6.07, 6.45) is 0.546. The highest BCUT2D eigenvalue weighted by atomic mass is 16.2. The molecule has 0 saturated carbocycles. The number of amides is 2. The SMILES string of the molecule is CC(CC(=O)c1ccc2c(c1)CN(C)C(=O)N2)C(C)(C)C. The molecule has 1 N–H and O–H groups in total. The topological polar surface area (TPSA) is 49.4 Å². The van der Waals surface area contributed by atoms with E-state index in [4.69, 9.17) is 0 Å². The number of carbonyl (C=O) groups excluding carboxylic acids is 2. The summed E-state index contributed by atoms with van der Waals surface area (Å²) >= 11 is 0. The highest BCUT2D eigenvalue weighted by Crippen LogP contribution is 2.30. The van der Waals surface area contributed by atoms with Gasteiger partial charge in [-0.15, -0.1) is 0 Å². The van der Waals surface area contributed by atoms with E-state index in [2.05, 4.69) is 33.0 Å². The van der Waals surface area contributed by atoms with E-state index in [0.717, 1.165) is 16.8 Å². The summed E-state index contributed by atoms with van der Waals surface area (Å²) in [5, 5.41) is 2.82. The summed E-state index contributed by atoms with van der Waals surface area (Å²) in [7, 11) is 1.74. The summed E-state index contributed by atoms with van der Waals surface area (Å²) in [6.45, 7) is 9.12. The van der Waals surface area contributed by atoms with Crippen LogP contribution in [0.25, 0.3) is 0 Å². The molecule has 1 aromatic rings. The Bertz CT molecular complexity index is 573. The lowest BCUT2D eigenvalue weighted by atomic mass is 9.78. The Labute approximate surface area is 126 Å². The van der Waals surface area contributed by atoms with Crippen molar-refractivity contribution in [2.75, 3.05) is 12.4 Å². The van der Waals surface area contributed by atoms with Crippen LogP contribution >= 0.6 is 0 Å². The molecule has 0 saturated heterocycles. The minimum atomic E-state index is -0.108. The normalized spacial score (nSPS) is 16.2. The molecule has 21 heavy (non-hydrogen) atoms. The number of anilines is 1.